The number of anilines is 2. The molecule has 5 rings (SSSR count). The summed E-state index contributed by atoms with van der Waals surface area (Å²) in [6.07, 6.45) is 7.14. The smallest absolute Gasteiger partial charge is 0.266 e. The molecule has 7 nitrogen and oxygen atoms in total. The predicted molar refractivity (Wildman–Crippen MR) is 145 cm³/mol. The van der Waals surface area contributed by atoms with E-state index in [1.807, 2.05) is 60.7 Å². The Balaban J connectivity index is 1.41. The maximum absolute atomic E-state index is 13.1. The molecular formula is C29H23N5O2S. The van der Waals surface area contributed by atoms with Crippen molar-refractivity contribution in [2.24, 2.45) is 0 Å². The third-order valence-corrected chi connectivity index (χ3v) is 7.57. The van der Waals surface area contributed by atoms with Crippen LogP contribution in [0.1, 0.15) is 34.4 Å². The van der Waals surface area contributed by atoms with Crippen molar-refractivity contribution in [1.29, 1.82) is 10.5 Å². The molecule has 0 saturated carbocycles. The highest BCUT2D eigenvalue weighted by Crippen LogP contribution is 2.38. The normalized spacial score (nSPS) is 12.9. The standard InChI is InChI=1S/C29H23N5O2S/c30-15-19(28(36)33-29-24(16-31)23-11-5-7-13-26(23)37-29)14-20-17-34(25-12-6-4-10-22(20)25)18-27(35)32-21-8-2-1-3-9-21/h1-4,6,8-10,12,14,17H,5,7,11,13,18H2,(H,32,35)(H,33,36). The van der Waals surface area contributed by atoms with E-state index >= 15 is 0 Å². The van der Waals surface area contributed by atoms with E-state index in [1.165, 1.54) is 17.4 Å². The lowest BCUT2D eigenvalue weighted by Crippen LogP contribution is -2.18. The lowest BCUT2D eigenvalue weighted by Gasteiger charge is -2.09. The van der Waals surface area contributed by atoms with Gasteiger partial charge in [0.05, 0.1) is 5.56 Å². The van der Waals surface area contributed by atoms with Crippen LogP contribution >= 0.6 is 11.3 Å². The fourth-order valence-corrected chi connectivity index (χ4v) is 5.88. The highest BCUT2D eigenvalue weighted by molar-refractivity contribution is 7.16. The number of para-hydroxylation sites is 2. The number of benzene rings is 2. The van der Waals surface area contributed by atoms with E-state index < -0.39 is 5.91 Å². The van der Waals surface area contributed by atoms with Crippen LogP contribution in [0.4, 0.5) is 10.7 Å². The molecule has 0 spiro atoms. The Hall–Kier alpha value is -4.66. The van der Waals surface area contributed by atoms with E-state index in [1.54, 1.807) is 10.8 Å². The Morgan fingerprint density at radius 2 is 1.76 bits per heavy atom. The Morgan fingerprint density at radius 3 is 2.54 bits per heavy atom. The molecule has 2 amide bonds. The van der Waals surface area contributed by atoms with Crippen LogP contribution in [0.2, 0.25) is 0 Å². The van der Waals surface area contributed by atoms with Crippen molar-refractivity contribution in [3.63, 3.8) is 0 Å². The minimum Gasteiger partial charge on any atom is -0.337 e. The first kappa shape index (κ1) is 24.1. The van der Waals surface area contributed by atoms with Crippen LogP contribution in [0.25, 0.3) is 17.0 Å². The third-order valence-electron chi connectivity index (χ3n) is 6.37. The number of nitriles is 2. The minimum absolute atomic E-state index is 0.0730. The highest BCUT2D eigenvalue weighted by Gasteiger charge is 2.23. The molecule has 0 atom stereocenters. The number of aromatic nitrogens is 1. The number of fused-ring (bicyclic) bond motifs is 2. The second-order valence-electron chi connectivity index (χ2n) is 8.79. The summed E-state index contributed by atoms with van der Waals surface area (Å²) in [5, 5.41) is 26.5. The molecule has 1 aliphatic rings. The zero-order chi connectivity index (χ0) is 25.8. The van der Waals surface area contributed by atoms with Crippen molar-refractivity contribution < 1.29 is 9.59 Å². The molecule has 37 heavy (non-hydrogen) atoms. The molecule has 2 N–H and O–H groups in total. The van der Waals surface area contributed by atoms with Crippen molar-refractivity contribution >= 4 is 50.8 Å². The maximum atomic E-state index is 13.1. The van der Waals surface area contributed by atoms with Gasteiger partial charge in [-0.3, -0.25) is 9.59 Å². The molecule has 2 aromatic heterocycles. The van der Waals surface area contributed by atoms with Gasteiger partial charge in [-0.15, -0.1) is 11.3 Å². The van der Waals surface area contributed by atoms with Crippen molar-refractivity contribution in [3.05, 3.63) is 87.9 Å². The quantitative estimate of drug-likeness (QED) is 0.261. The summed E-state index contributed by atoms with van der Waals surface area (Å²) in [4.78, 5) is 26.9. The lowest BCUT2D eigenvalue weighted by molar-refractivity contribution is -0.116. The molecule has 0 radical (unpaired) electrons. The summed E-state index contributed by atoms with van der Waals surface area (Å²) < 4.78 is 1.80. The Morgan fingerprint density at radius 1 is 1.00 bits per heavy atom. The summed E-state index contributed by atoms with van der Waals surface area (Å²) in [7, 11) is 0. The van der Waals surface area contributed by atoms with Gasteiger partial charge in [0.25, 0.3) is 5.91 Å². The lowest BCUT2D eigenvalue weighted by atomic mass is 9.96. The van der Waals surface area contributed by atoms with E-state index in [2.05, 4.69) is 16.7 Å². The van der Waals surface area contributed by atoms with Gasteiger partial charge in [-0.25, -0.2) is 0 Å². The van der Waals surface area contributed by atoms with Crippen LogP contribution in [-0.2, 0) is 29.0 Å². The summed E-state index contributed by atoms with van der Waals surface area (Å²) in [6, 6.07) is 21.0. The Labute approximate surface area is 218 Å². The van der Waals surface area contributed by atoms with Gasteiger partial charge in [0.15, 0.2) is 0 Å². The van der Waals surface area contributed by atoms with Gasteiger partial charge < -0.3 is 15.2 Å². The Kier molecular flexibility index (Phi) is 6.85. The summed E-state index contributed by atoms with van der Waals surface area (Å²) in [5.74, 6) is -0.748. The van der Waals surface area contributed by atoms with Crippen LogP contribution in [0.15, 0.2) is 66.4 Å². The van der Waals surface area contributed by atoms with E-state index in [-0.39, 0.29) is 18.0 Å². The number of carbonyl (C=O) groups is 2. The van der Waals surface area contributed by atoms with E-state index in [0.29, 0.717) is 21.8 Å². The highest BCUT2D eigenvalue weighted by atomic mass is 32.1. The van der Waals surface area contributed by atoms with Crippen LogP contribution in [0.3, 0.4) is 0 Å². The van der Waals surface area contributed by atoms with Gasteiger partial charge in [-0.2, -0.15) is 10.5 Å². The molecule has 2 heterocycles. The van der Waals surface area contributed by atoms with Crippen molar-refractivity contribution in [2.75, 3.05) is 10.6 Å². The summed E-state index contributed by atoms with van der Waals surface area (Å²) in [5.41, 5.74) is 3.62. The van der Waals surface area contributed by atoms with Crippen molar-refractivity contribution in [2.45, 2.75) is 32.2 Å². The third kappa shape index (κ3) is 5.02. The average Bonchev–Trinajstić information content (AvgIpc) is 3.44. The molecule has 0 unspecified atom stereocenters. The molecule has 0 fully saturated rings. The van der Waals surface area contributed by atoms with Gasteiger partial charge in [-0.1, -0.05) is 36.4 Å². The molecule has 0 saturated heterocycles. The number of hydrogen-bond acceptors (Lipinski definition) is 5. The average molecular weight is 506 g/mol. The van der Waals surface area contributed by atoms with Crippen LogP contribution < -0.4 is 10.6 Å². The Bertz CT molecular complexity index is 1620. The van der Waals surface area contributed by atoms with Crippen molar-refractivity contribution in [3.8, 4) is 12.1 Å². The van der Waals surface area contributed by atoms with Gasteiger partial charge in [0.2, 0.25) is 5.91 Å². The summed E-state index contributed by atoms with van der Waals surface area (Å²) in [6.45, 7) is 0.0730. The van der Waals surface area contributed by atoms with E-state index in [9.17, 15) is 20.1 Å². The molecule has 2 aromatic carbocycles. The first-order valence-electron chi connectivity index (χ1n) is 12.0. The van der Waals surface area contributed by atoms with Gasteiger partial charge in [0, 0.05) is 33.2 Å². The molecule has 4 aromatic rings. The van der Waals surface area contributed by atoms with Crippen LogP contribution in [0.5, 0.6) is 0 Å². The zero-order valence-corrected chi connectivity index (χ0v) is 20.8. The number of rotatable bonds is 6. The fourth-order valence-electron chi connectivity index (χ4n) is 4.64. The first-order chi connectivity index (χ1) is 18.1. The number of hydrogen-bond donors (Lipinski definition) is 2. The number of carbonyl (C=O) groups excluding carboxylic acids is 2. The monoisotopic (exact) mass is 505 g/mol. The second-order valence-corrected chi connectivity index (χ2v) is 9.90. The number of amides is 2. The summed E-state index contributed by atoms with van der Waals surface area (Å²) >= 11 is 1.42. The van der Waals surface area contributed by atoms with E-state index in [0.717, 1.165) is 47.0 Å². The maximum Gasteiger partial charge on any atom is 0.266 e. The topological polar surface area (TPSA) is 111 Å². The second kappa shape index (κ2) is 10.5. The molecular weight excluding hydrogens is 482 g/mol. The number of aryl methyl sites for hydroxylation is 1. The van der Waals surface area contributed by atoms with Crippen LogP contribution in [0, 0.1) is 22.7 Å². The zero-order valence-electron chi connectivity index (χ0n) is 20.0. The van der Waals surface area contributed by atoms with Crippen molar-refractivity contribution in [1.82, 2.24) is 4.57 Å². The molecule has 1 aliphatic carbocycles. The first-order valence-corrected chi connectivity index (χ1v) is 12.8. The SMILES string of the molecule is N#CC(=Cc1cn(CC(=O)Nc2ccccc2)c2ccccc12)C(=O)Nc1sc2c(c1C#N)CCCC2. The number of nitrogens with one attached hydrogen (secondary N) is 2. The number of thiophene rings is 1. The van der Waals surface area contributed by atoms with E-state index in [4.69, 9.17) is 0 Å². The van der Waals surface area contributed by atoms with Gasteiger partial charge in [-0.05, 0) is 55.5 Å². The predicted octanol–water partition coefficient (Wildman–Crippen LogP) is 5.64. The van der Waals surface area contributed by atoms with Gasteiger partial charge in [0.1, 0.15) is 29.3 Å². The largest absolute Gasteiger partial charge is 0.337 e. The molecule has 182 valence electrons. The molecule has 0 bridgehead atoms. The molecule has 8 heteroatoms. The van der Waals surface area contributed by atoms with Gasteiger partial charge >= 0.3 is 0 Å². The van der Waals surface area contributed by atoms with Crippen LogP contribution in [-0.4, -0.2) is 16.4 Å². The minimum atomic E-state index is -0.559. The fraction of sp³-hybridized carbons (Fsp3) is 0.172. The molecule has 0 aliphatic heterocycles. The number of nitrogens with zero attached hydrogens (tertiary/aromatic N) is 3.